The number of nitrogens with zero attached hydrogens (tertiary/aromatic N) is 3. The van der Waals surface area contributed by atoms with E-state index in [-0.39, 0.29) is 5.91 Å². The molecule has 2 aromatic carbocycles. The summed E-state index contributed by atoms with van der Waals surface area (Å²) in [5, 5.41) is 4.21. The average Bonchev–Trinajstić information content (AvgIpc) is 3.13. The molecule has 0 unspecified atom stereocenters. The molecule has 25 heavy (non-hydrogen) atoms. The van der Waals surface area contributed by atoms with Gasteiger partial charge in [-0.05, 0) is 36.8 Å². The molecule has 0 aliphatic heterocycles. The number of halogens is 2. The van der Waals surface area contributed by atoms with E-state index in [1.54, 1.807) is 24.9 Å². The first kappa shape index (κ1) is 16.8. The van der Waals surface area contributed by atoms with Crippen LogP contribution in [-0.4, -0.2) is 27.6 Å². The molecule has 0 aliphatic carbocycles. The Kier molecular flexibility index (Phi) is 4.61. The molecule has 0 saturated carbocycles. The summed E-state index contributed by atoms with van der Waals surface area (Å²) in [6, 6.07) is 12.7. The Morgan fingerprint density at radius 3 is 2.52 bits per heavy atom. The zero-order valence-corrected chi connectivity index (χ0v) is 13.9. The average molecular weight is 341 g/mol. The maximum Gasteiger partial charge on any atom is 0.257 e. The van der Waals surface area contributed by atoms with Crippen molar-refractivity contribution in [1.82, 2.24) is 14.7 Å². The molecule has 0 aliphatic rings. The second kappa shape index (κ2) is 6.84. The number of amides is 1. The van der Waals surface area contributed by atoms with Crippen molar-refractivity contribution in [2.75, 3.05) is 7.05 Å². The molecule has 1 heterocycles. The summed E-state index contributed by atoms with van der Waals surface area (Å²) in [4.78, 5) is 14.1. The van der Waals surface area contributed by atoms with Crippen molar-refractivity contribution in [3.8, 4) is 5.69 Å². The fraction of sp³-hybridized carbons (Fsp3) is 0.158. The predicted octanol–water partition coefficient (Wildman–Crippen LogP) is 3.98. The van der Waals surface area contributed by atoms with Gasteiger partial charge < -0.3 is 4.90 Å². The maximum absolute atomic E-state index is 13.4. The van der Waals surface area contributed by atoms with E-state index in [1.165, 1.54) is 17.2 Å². The van der Waals surface area contributed by atoms with Crippen LogP contribution >= 0.6 is 0 Å². The Bertz CT molecular complexity index is 893. The largest absolute Gasteiger partial charge is 0.335 e. The van der Waals surface area contributed by atoms with Gasteiger partial charge in [-0.3, -0.25) is 4.79 Å². The monoisotopic (exact) mass is 341 g/mol. The van der Waals surface area contributed by atoms with Gasteiger partial charge in [-0.15, -0.1) is 0 Å². The van der Waals surface area contributed by atoms with Crippen LogP contribution in [0.15, 0.2) is 60.9 Å². The number of aromatic nitrogens is 2. The molecule has 1 amide bonds. The van der Waals surface area contributed by atoms with Gasteiger partial charge in [0.25, 0.3) is 5.91 Å². The first-order valence-corrected chi connectivity index (χ1v) is 7.79. The minimum atomic E-state index is -0.929. The topological polar surface area (TPSA) is 38.1 Å². The summed E-state index contributed by atoms with van der Waals surface area (Å²) < 4.78 is 28.1. The van der Waals surface area contributed by atoms with E-state index in [2.05, 4.69) is 5.10 Å². The van der Waals surface area contributed by atoms with Crippen molar-refractivity contribution in [2.24, 2.45) is 0 Å². The molecule has 0 saturated heterocycles. The van der Waals surface area contributed by atoms with Crippen LogP contribution in [0.4, 0.5) is 8.78 Å². The molecule has 0 N–H and O–H groups in total. The summed E-state index contributed by atoms with van der Waals surface area (Å²) in [6.45, 7) is 1.76. The molecule has 3 aromatic rings. The molecular weight excluding hydrogens is 324 g/mol. The Morgan fingerprint density at radius 1 is 1.12 bits per heavy atom. The van der Waals surface area contributed by atoms with Gasteiger partial charge in [-0.1, -0.05) is 24.3 Å². The highest BCUT2D eigenvalue weighted by molar-refractivity contribution is 5.93. The van der Waals surface area contributed by atoms with Gasteiger partial charge in [0, 0.05) is 13.2 Å². The van der Waals surface area contributed by atoms with Crippen LogP contribution in [0.3, 0.4) is 0 Å². The summed E-state index contributed by atoms with van der Waals surface area (Å²) in [5.41, 5.74) is 1.78. The summed E-state index contributed by atoms with van der Waals surface area (Å²) in [7, 11) is 1.62. The highest BCUT2D eigenvalue weighted by atomic mass is 19.2. The zero-order chi connectivity index (χ0) is 18.0. The number of hydrogen-bond donors (Lipinski definition) is 0. The summed E-state index contributed by atoms with van der Waals surface area (Å²) in [6.07, 6.45) is 3.13. The third-order valence-corrected chi connectivity index (χ3v) is 4.18. The lowest BCUT2D eigenvalue weighted by atomic mass is 10.1. The van der Waals surface area contributed by atoms with Gasteiger partial charge in [0.15, 0.2) is 11.6 Å². The van der Waals surface area contributed by atoms with Crippen molar-refractivity contribution in [1.29, 1.82) is 0 Å². The normalized spacial score (nSPS) is 12.0. The minimum Gasteiger partial charge on any atom is -0.335 e. The maximum atomic E-state index is 13.4. The standard InChI is InChI=1S/C19H17F2N3O/c1-13(14-8-9-17(20)18(21)10-14)23(2)19(25)15-11-22-24(12-15)16-6-4-3-5-7-16/h3-13H,1-2H3/t13-/m1/s1. The zero-order valence-electron chi connectivity index (χ0n) is 13.9. The molecule has 1 aromatic heterocycles. The predicted molar refractivity (Wildman–Crippen MR) is 90.4 cm³/mol. The first-order valence-electron chi connectivity index (χ1n) is 7.79. The van der Waals surface area contributed by atoms with Crippen LogP contribution < -0.4 is 0 Å². The summed E-state index contributed by atoms with van der Waals surface area (Å²) in [5.74, 6) is -2.09. The molecule has 6 heteroatoms. The fourth-order valence-electron chi connectivity index (χ4n) is 2.53. The molecule has 128 valence electrons. The van der Waals surface area contributed by atoms with E-state index in [9.17, 15) is 13.6 Å². The van der Waals surface area contributed by atoms with Crippen molar-refractivity contribution in [3.63, 3.8) is 0 Å². The number of benzene rings is 2. The molecular formula is C19H17F2N3O. The third kappa shape index (κ3) is 3.42. The van der Waals surface area contributed by atoms with Crippen LogP contribution in [0.1, 0.15) is 28.9 Å². The number of para-hydroxylation sites is 1. The molecule has 3 rings (SSSR count). The highest BCUT2D eigenvalue weighted by Crippen LogP contribution is 2.22. The second-order valence-corrected chi connectivity index (χ2v) is 5.77. The number of rotatable bonds is 4. The quantitative estimate of drug-likeness (QED) is 0.720. The lowest BCUT2D eigenvalue weighted by Crippen LogP contribution is -2.29. The van der Waals surface area contributed by atoms with Crippen LogP contribution in [-0.2, 0) is 0 Å². The Hall–Kier alpha value is -3.02. The number of hydrogen-bond acceptors (Lipinski definition) is 2. The minimum absolute atomic E-state index is 0.251. The lowest BCUT2D eigenvalue weighted by Gasteiger charge is -2.25. The fourth-order valence-corrected chi connectivity index (χ4v) is 2.53. The van der Waals surface area contributed by atoms with Crippen molar-refractivity contribution in [2.45, 2.75) is 13.0 Å². The Morgan fingerprint density at radius 2 is 1.84 bits per heavy atom. The Balaban J connectivity index is 1.80. The van der Waals surface area contributed by atoms with Gasteiger partial charge in [-0.25, -0.2) is 13.5 Å². The summed E-state index contributed by atoms with van der Waals surface area (Å²) >= 11 is 0. The van der Waals surface area contributed by atoms with E-state index in [1.807, 2.05) is 30.3 Å². The van der Waals surface area contributed by atoms with Gasteiger partial charge in [0.1, 0.15) is 0 Å². The van der Waals surface area contributed by atoms with Crippen molar-refractivity contribution in [3.05, 3.63) is 83.7 Å². The lowest BCUT2D eigenvalue weighted by molar-refractivity contribution is 0.0742. The highest BCUT2D eigenvalue weighted by Gasteiger charge is 2.21. The third-order valence-electron chi connectivity index (χ3n) is 4.18. The van der Waals surface area contributed by atoms with Crippen molar-refractivity contribution < 1.29 is 13.6 Å². The second-order valence-electron chi connectivity index (χ2n) is 5.77. The van der Waals surface area contributed by atoms with Crippen molar-refractivity contribution >= 4 is 5.91 Å². The van der Waals surface area contributed by atoms with Gasteiger partial charge in [-0.2, -0.15) is 5.10 Å². The SMILES string of the molecule is C[C@H](c1ccc(F)c(F)c1)N(C)C(=O)c1cnn(-c2ccccc2)c1. The van der Waals surface area contributed by atoms with Gasteiger partial charge in [0.05, 0.1) is 23.5 Å². The molecule has 4 nitrogen and oxygen atoms in total. The van der Waals surface area contributed by atoms with Crippen LogP contribution in [0.2, 0.25) is 0 Å². The smallest absolute Gasteiger partial charge is 0.257 e. The van der Waals surface area contributed by atoms with E-state index < -0.39 is 17.7 Å². The van der Waals surface area contributed by atoms with Gasteiger partial charge in [0.2, 0.25) is 0 Å². The van der Waals surface area contributed by atoms with E-state index >= 15 is 0 Å². The van der Waals surface area contributed by atoms with Crippen LogP contribution in [0.5, 0.6) is 0 Å². The van der Waals surface area contributed by atoms with E-state index in [0.717, 1.165) is 17.8 Å². The van der Waals surface area contributed by atoms with Crippen LogP contribution in [0, 0.1) is 11.6 Å². The molecule has 0 spiro atoms. The molecule has 0 bridgehead atoms. The number of carbonyl (C=O) groups excluding carboxylic acids is 1. The van der Waals surface area contributed by atoms with E-state index in [4.69, 9.17) is 0 Å². The van der Waals surface area contributed by atoms with E-state index in [0.29, 0.717) is 11.1 Å². The first-order chi connectivity index (χ1) is 12.0. The molecule has 1 atom stereocenters. The number of carbonyl (C=O) groups is 1. The van der Waals surface area contributed by atoms with Crippen LogP contribution in [0.25, 0.3) is 5.69 Å². The molecule has 0 fully saturated rings. The molecule has 0 radical (unpaired) electrons. The van der Waals surface area contributed by atoms with Gasteiger partial charge >= 0.3 is 0 Å². The Labute approximate surface area is 144 Å².